The van der Waals surface area contributed by atoms with Crippen LogP contribution in [0.3, 0.4) is 0 Å². The van der Waals surface area contributed by atoms with Gasteiger partial charge in [-0.25, -0.2) is 13.2 Å². The number of carboxylic acids is 1. The Balaban J connectivity index is 2.11. The highest BCUT2D eigenvalue weighted by Crippen LogP contribution is 2.23. The summed E-state index contributed by atoms with van der Waals surface area (Å²) in [5.41, 5.74) is 0.349. The lowest BCUT2D eigenvalue weighted by Crippen LogP contribution is -2.00. The van der Waals surface area contributed by atoms with Crippen LogP contribution in [-0.2, 0) is 4.79 Å². The second kappa shape index (κ2) is 7.83. The largest absolute Gasteiger partial charge is 0.481 e. The first-order chi connectivity index (χ1) is 11.4. The summed E-state index contributed by atoms with van der Waals surface area (Å²) < 4.78 is 39.7. The smallest absolute Gasteiger partial charge is 0.313 e. The van der Waals surface area contributed by atoms with Crippen LogP contribution in [0.4, 0.5) is 13.2 Å². The number of ketones is 1. The van der Waals surface area contributed by atoms with Crippen molar-refractivity contribution < 1.29 is 27.9 Å². The number of carboxylic acid groups (broad SMARTS) is 1. The van der Waals surface area contributed by atoms with Crippen molar-refractivity contribution in [3.63, 3.8) is 0 Å². The molecule has 2 aromatic rings. The minimum atomic E-state index is -1.07. The quantitative estimate of drug-likeness (QED) is 0.481. The molecule has 3 nitrogen and oxygen atoms in total. The molecule has 24 heavy (non-hydrogen) atoms. The average molecular weight is 352 g/mol. The number of benzene rings is 2. The minimum Gasteiger partial charge on any atom is -0.481 e. The number of allylic oxidation sites excluding steroid dienone is 1. The zero-order valence-electron chi connectivity index (χ0n) is 12.1. The van der Waals surface area contributed by atoms with E-state index in [9.17, 15) is 22.8 Å². The molecule has 0 unspecified atom stereocenters. The average Bonchev–Trinajstić information content (AvgIpc) is 2.54. The van der Waals surface area contributed by atoms with Crippen molar-refractivity contribution in [3.05, 3.63) is 71.1 Å². The van der Waals surface area contributed by atoms with Crippen molar-refractivity contribution in [2.75, 3.05) is 5.75 Å². The molecule has 0 saturated carbocycles. The van der Waals surface area contributed by atoms with E-state index >= 15 is 0 Å². The van der Waals surface area contributed by atoms with Gasteiger partial charge in [0.1, 0.15) is 5.82 Å². The summed E-state index contributed by atoms with van der Waals surface area (Å²) in [6.07, 6.45) is 2.40. The van der Waals surface area contributed by atoms with Gasteiger partial charge in [0.15, 0.2) is 17.4 Å². The maximum absolute atomic E-state index is 13.8. The Morgan fingerprint density at radius 3 is 2.38 bits per heavy atom. The normalized spacial score (nSPS) is 11.0. The molecule has 0 aliphatic carbocycles. The van der Waals surface area contributed by atoms with Gasteiger partial charge in [0.25, 0.3) is 0 Å². The van der Waals surface area contributed by atoms with Gasteiger partial charge in [-0.15, -0.1) is 11.8 Å². The van der Waals surface area contributed by atoms with Crippen LogP contribution in [0.15, 0.2) is 47.4 Å². The zero-order chi connectivity index (χ0) is 17.7. The Bertz CT molecular complexity index is 819. The lowest BCUT2D eigenvalue weighted by Gasteiger charge is -2.03. The molecular formula is C17H11F3O3S. The molecule has 0 aromatic heterocycles. The molecule has 0 fully saturated rings. The van der Waals surface area contributed by atoms with Gasteiger partial charge in [-0.1, -0.05) is 12.1 Å². The van der Waals surface area contributed by atoms with E-state index in [1.807, 2.05) is 0 Å². The highest BCUT2D eigenvalue weighted by Gasteiger charge is 2.10. The Hall–Kier alpha value is -2.54. The molecule has 0 spiro atoms. The molecule has 0 aliphatic rings. The van der Waals surface area contributed by atoms with Gasteiger partial charge in [-0.2, -0.15) is 0 Å². The molecule has 0 aliphatic heterocycles. The maximum atomic E-state index is 13.8. The molecular weight excluding hydrogens is 341 g/mol. The van der Waals surface area contributed by atoms with Gasteiger partial charge in [-0.3, -0.25) is 9.59 Å². The number of thioether (sulfide) groups is 1. The van der Waals surface area contributed by atoms with E-state index < -0.39 is 29.2 Å². The van der Waals surface area contributed by atoms with E-state index in [4.69, 9.17) is 5.11 Å². The number of carbonyl (C=O) groups excluding carboxylic acids is 1. The van der Waals surface area contributed by atoms with Crippen LogP contribution in [0, 0.1) is 17.5 Å². The molecule has 0 amide bonds. The number of hydrogen-bond acceptors (Lipinski definition) is 3. The molecule has 0 saturated heterocycles. The van der Waals surface area contributed by atoms with Crippen molar-refractivity contribution in [3.8, 4) is 0 Å². The van der Waals surface area contributed by atoms with E-state index in [2.05, 4.69) is 0 Å². The number of aliphatic carboxylic acids is 1. The van der Waals surface area contributed by atoms with Crippen molar-refractivity contribution in [2.24, 2.45) is 0 Å². The van der Waals surface area contributed by atoms with Crippen molar-refractivity contribution in [1.82, 2.24) is 0 Å². The summed E-state index contributed by atoms with van der Waals surface area (Å²) >= 11 is 0.808. The summed E-state index contributed by atoms with van der Waals surface area (Å²) in [4.78, 5) is 22.6. The van der Waals surface area contributed by atoms with E-state index in [0.29, 0.717) is 0 Å². The highest BCUT2D eigenvalue weighted by atomic mass is 32.2. The zero-order valence-corrected chi connectivity index (χ0v) is 12.9. The summed E-state index contributed by atoms with van der Waals surface area (Å²) in [6, 6.07) is 6.86. The van der Waals surface area contributed by atoms with Crippen LogP contribution in [-0.4, -0.2) is 22.6 Å². The standard InChI is InChI=1S/C17H11F3O3S/c18-12-4-1-10(7-13(12)19)2-5-15(21)11-3-6-16(14(20)8-11)24-9-17(22)23/h1-8H,9H2,(H,22,23). The van der Waals surface area contributed by atoms with Crippen LogP contribution in [0.1, 0.15) is 15.9 Å². The van der Waals surface area contributed by atoms with Crippen LogP contribution in [0.5, 0.6) is 0 Å². The molecule has 2 rings (SSSR count). The molecule has 7 heteroatoms. The van der Waals surface area contributed by atoms with E-state index in [1.165, 1.54) is 24.3 Å². The van der Waals surface area contributed by atoms with Crippen LogP contribution >= 0.6 is 11.8 Å². The predicted octanol–water partition coefficient (Wildman–Crippen LogP) is 4.18. The first-order valence-corrected chi connectivity index (χ1v) is 7.67. The topological polar surface area (TPSA) is 54.4 Å². The highest BCUT2D eigenvalue weighted by molar-refractivity contribution is 8.00. The molecule has 0 heterocycles. The van der Waals surface area contributed by atoms with Crippen LogP contribution in [0.25, 0.3) is 6.08 Å². The second-order valence-corrected chi connectivity index (χ2v) is 5.72. The van der Waals surface area contributed by atoms with Gasteiger partial charge >= 0.3 is 5.97 Å². The van der Waals surface area contributed by atoms with Gasteiger partial charge in [-0.05, 0) is 42.0 Å². The van der Waals surface area contributed by atoms with E-state index in [-0.39, 0.29) is 21.8 Å². The Morgan fingerprint density at radius 2 is 1.75 bits per heavy atom. The number of carbonyl (C=O) groups is 2. The molecule has 0 bridgehead atoms. The molecule has 124 valence electrons. The van der Waals surface area contributed by atoms with Crippen molar-refractivity contribution in [2.45, 2.75) is 4.90 Å². The number of halogens is 3. The van der Waals surface area contributed by atoms with Crippen molar-refractivity contribution in [1.29, 1.82) is 0 Å². The maximum Gasteiger partial charge on any atom is 0.313 e. The third kappa shape index (κ3) is 4.73. The second-order valence-electron chi connectivity index (χ2n) is 4.70. The summed E-state index contributed by atoms with van der Waals surface area (Å²) in [5.74, 6) is -4.61. The molecule has 2 aromatic carbocycles. The summed E-state index contributed by atoms with van der Waals surface area (Å²) in [5, 5.41) is 8.57. The van der Waals surface area contributed by atoms with Gasteiger partial charge in [0, 0.05) is 10.5 Å². The number of hydrogen-bond donors (Lipinski definition) is 1. The fourth-order valence-electron chi connectivity index (χ4n) is 1.79. The Kier molecular flexibility index (Phi) is 5.81. The first-order valence-electron chi connectivity index (χ1n) is 6.68. The predicted molar refractivity (Wildman–Crippen MR) is 84.5 cm³/mol. The SMILES string of the molecule is O=C(O)CSc1ccc(C(=O)C=Cc2ccc(F)c(F)c2)cc1F. The monoisotopic (exact) mass is 352 g/mol. The number of rotatable bonds is 6. The van der Waals surface area contributed by atoms with Gasteiger partial charge < -0.3 is 5.11 Å². The lowest BCUT2D eigenvalue weighted by molar-refractivity contribution is -0.133. The van der Waals surface area contributed by atoms with E-state index in [0.717, 1.165) is 36.0 Å². The fourth-order valence-corrected chi connectivity index (χ4v) is 2.43. The third-order valence-corrected chi connectivity index (χ3v) is 3.97. The van der Waals surface area contributed by atoms with Gasteiger partial charge in [0.05, 0.1) is 5.75 Å². The van der Waals surface area contributed by atoms with Crippen LogP contribution < -0.4 is 0 Å². The summed E-state index contributed by atoms with van der Waals surface area (Å²) in [7, 11) is 0. The fraction of sp³-hybridized carbons (Fsp3) is 0.0588. The minimum absolute atomic E-state index is 0.0611. The molecule has 0 radical (unpaired) electrons. The van der Waals surface area contributed by atoms with E-state index in [1.54, 1.807) is 0 Å². The first kappa shape index (κ1) is 17.8. The van der Waals surface area contributed by atoms with Gasteiger partial charge in [0.2, 0.25) is 0 Å². The Labute approximate surface area is 139 Å². The lowest BCUT2D eigenvalue weighted by atomic mass is 10.1. The summed E-state index contributed by atoms with van der Waals surface area (Å²) in [6.45, 7) is 0. The van der Waals surface area contributed by atoms with Crippen molar-refractivity contribution >= 4 is 29.6 Å². The third-order valence-electron chi connectivity index (χ3n) is 2.94. The molecule has 1 N–H and O–H groups in total. The molecule has 0 atom stereocenters. The Morgan fingerprint density at radius 1 is 1.00 bits per heavy atom. The van der Waals surface area contributed by atoms with Crippen LogP contribution in [0.2, 0.25) is 0 Å².